The Morgan fingerprint density at radius 1 is 0.248 bits per heavy atom. The van der Waals surface area contributed by atoms with Gasteiger partial charge in [-0.15, -0.1) is 99.2 Å². The molecule has 6 saturated carbocycles. The molecular formula is C84H136Cu3N22-4. The van der Waals surface area contributed by atoms with E-state index in [9.17, 15) is 0 Å². The first-order chi connectivity index (χ1) is 51.7. The number of piperidine rings is 7. The van der Waals surface area contributed by atoms with Crippen molar-refractivity contribution in [1.82, 2.24) is 59.1 Å². The molecule has 109 heavy (non-hydrogen) atoms. The van der Waals surface area contributed by atoms with Crippen LogP contribution in [0, 0.1) is 0 Å². The SMILES string of the molecule is C1=CC[N-]C(c2nnc(C3CCCCC3)n2C2CCC(n3c(C4CCCCC4)nnc3C3CCCC[N-]3)CC2)=C1.C1CCC(C2CCCC[N-]2)[N-]C1.C1CCC(C2CCCC[N-]2)[N-]C1.C1CCC(c2nnc(C3CCCC[N-]3)n2C2CCC(n3c(C4CCCCC4)nnc3C3CCCC[N-]3)CC2)CC1.[Cu+2].[Cu+2].[Cu+2].[NH2-].[NH2-]. The van der Waals surface area contributed by atoms with Crippen molar-refractivity contribution in [2.24, 2.45) is 0 Å². The smallest absolute Gasteiger partial charge is 0.693 e. The quantitative estimate of drug-likeness (QED) is 0.109. The zero-order chi connectivity index (χ0) is 69.9. The van der Waals surface area contributed by atoms with E-state index < -0.39 is 0 Å². The van der Waals surface area contributed by atoms with Crippen LogP contribution in [0.4, 0.5) is 0 Å². The van der Waals surface area contributed by atoms with Gasteiger partial charge in [0, 0.05) is 47.8 Å². The van der Waals surface area contributed by atoms with Crippen molar-refractivity contribution in [1.29, 1.82) is 0 Å². The van der Waals surface area contributed by atoms with E-state index >= 15 is 0 Å². The number of hydrogen-bond acceptors (Lipinski definition) is 8. The third-order valence-corrected chi connectivity index (χ3v) is 27.2. The summed E-state index contributed by atoms with van der Waals surface area (Å²) in [6.07, 6.45) is 68.6. The van der Waals surface area contributed by atoms with Crippen molar-refractivity contribution in [3.8, 4) is 0 Å². The van der Waals surface area contributed by atoms with Gasteiger partial charge in [0.25, 0.3) is 0 Å². The summed E-state index contributed by atoms with van der Waals surface area (Å²) in [6.45, 7) is 8.04. The van der Waals surface area contributed by atoms with Crippen molar-refractivity contribution in [3.63, 3.8) is 0 Å². The molecule has 13 fully saturated rings. The summed E-state index contributed by atoms with van der Waals surface area (Å²) in [6, 6.07) is 4.98. The van der Waals surface area contributed by atoms with E-state index in [1.807, 2.05) is 0 Å². The van der Waals surface area contributed by atoms with Crippen LogP contribution in [-0.2, 0) is 51.2 Å². The second-order valence-electron chi connectivity index (χ2n) is 34.3. The average molecular weight is 1640 g/mol. The summed E-state index contributed by atoms with van der Waals surface area (Å²) in [4.78, 5) is 0. The Hall–Kier alpha value is -2.96. The van der Waals surface area contributed by atoms with Crippen LogP contribution in [-0.4, -0.2) is 136 Å². The molecule has 4 N–H and O–H groups in total. The Morgan fingerprint density at radius 3 is 0.752 bits per heavy atom. The molecule has 22 nitrogen and oxygen atoms in total. The Morgan fingerprint density at radius 2 is 0.495 bits per heavy atom. The van der Waals surface area contributed by atoms with E-state index in [1.54, 1.807) is 0 Å². The van der Waals surface area contributed by atoms with Crippen molar-refractivity contribution < 1.29 is 51.2 Å². The maximum absolute atomic E-state index is 5.04. The Labute approximate surface area is 688 Å². The fraction of sp³-hybridized carbons (Fsp3) is 0.857. The molecule has 7 saturated heterocycles. The van der Waals surface area contributed by atoms with Gasteiger partial charge in [-0.05, 0) is 103 Å². The second kappa shape index (κ2) is 46.1. The fourth-order valence-electron chi connectivity index (χ4n) is 21.4. The van der Waals surface area contributed by atoms with Crippen LogP contribution in [0.3, 0.4) is 0 Å². The van der Waals surface area contributed by atoms with E-state index in [2.05, 4.69) is 57.8 Å². The number of rotatable bonds is 14. The monoisotopic (exact) mass is 1640 g/mol. The zero-order valence-electron chi connectivity index (χ0n) is 66.2. The van der Waals surface area contributed by atoms with Gasteiger partial charge in [0.2, 0.25) is 0 Å². The predicted octanol–water partition coefficient (Wildman–Crippen LogP) is 23.8. The third-order valence-electron chi connectivity index (χ3n) is 27.2. The van der Waals surface area contributed by atoms with E-state index in [1.165, 1.54) is 305 Å². The van der Waals surface area contributed by atoms with Gasteiger partial charge in [0.15, 0.2) is 0 Å². The first-order valence-corrected chi connectivity index (χ1v) is 44.2. The molecule has 7 unspecified atom stereocenters. The average Bonchev–Trinajstić information content (AvgIpc) is 1.65. The van der Waals surface area contributed by atoms with Crippen LogP contribution in [0.25, 0.3) is 60.5 Å². The van der Waals surface area contributed by atoms with E-state index in [-0.39, 0.29) is 81.6 Å². The minimum atomic E-state index is 0. The summed E-state index contributed by atoms with van der Waals surface area (Å²) in [5.74, 6) is 11.8. The molecule has 6 aliphatic carbocycles. The van der Waals surface area contributed by atoms with Crippen molar-refractivity contribution in [3.05, 3.63) is 120 Å². The molecule has 25 heteroatoms. The van der Waals surface area contributed by atoms with Crippen LogP contribution >= 0.6 is 0 Å². The molecule has 619 valence electrons. The molecular weight excluding hydrogens is 1510 g/mol. The predicted molar refractivity (Wildman–Crippen MR) is 430 cm³/mol. The molecule has 4 aromatic rings. The Balaban J connectivity index is 0.000000172. The topological polar surface area (TPSA) is 303 Å². The number of allylic oxidation sites excluding steroid dienone is 2. The minimum absolute atomic E-state index is 0. The van der Waals surface area contributed by atoms with Gasteiger partial charge in [-0.3, -0.25) is 0 Å². The van der Waals surface area contributed by atoms with Gasteiger partial charge in [-0.1, -0.05) is 248 Å². The number of nitrogens with two attached hydrogens (primary N) is 2. The fourth-order valence-corrected chi connectivity index (χ4v) is 21.4. The maximum atomic E-state index is 5.04. The minimum Gasteiger partial charge on any atom is -0.693 e. The molecule has 3 radical (unpaired) electrons. The summed E-state index contributed by atoms with van der Waals surface area (Å²) in [7, 11) is 0. The summed E-state index contributed by atoms with van der Waals surface area (Å²) in [5, 5.41) is 77.6. The van der Waals surface area contributed by atoms with Crippen LogP contribution in [0.15, 0.2) is 18.2 Å². The van der Waals surface area contributed by atoms with Crippen molar-refractivity contribution in [2.75, 3.05) is 52.4 Å². The van der Waals surface area contributed by atoms with Gasteiger partial charge in [0.05, 0.1) is 0 Å². The summed E-state index contributed by atoms with van der Waals surface area (Å²) in [5.41, 5.74) is 0.999. The third kappa shape index (κ3) is 22.8. The molecule has 14 aliphatic rings. The molecule has 18 rings (SSSR count). The van der Waals surface area contributed by atoms with Crippen LogP contribution in [0.1, 0.15) is 427 Å². The first-order valence-electron chi connectivity index (χ1n) is 44.2. The molecule has 7 atom stereocenters. The van der Waals surface area contributed by atoms with Crippen LogP contribution in [0.5, 0.6) is 0 Å². The molecule has 0 aromatic carbocycles. The van der Waals surface area contributed by atoms with Gasteiger partial charge in [0.1, 0.15) is 46.6 Å². The number of hydrogen-bond donors (Lipinski definition) is 0. The second-order valence-corrected chi connectivity index (χ2v) is 34.3. The van der Waals surface area contributed by atoms with Gasteiger partial charge >= 0.3 is 51.2 Å². The van der Waals surface area contributed by atoms with E-state index in [4.69, 9.17) is 62.1 Å². The number of nitrogens with zero attached hydrogens (tertiary/aromatic N) is 20. The van der Waals surface area contributed by atoms with E-state index in [0.29, 0.717) is 72.0 Å². The van der Waals surface area contributed by atoms with Gasteiger partial charge in [-0.25, -0.2) is 0 Å². The van der Waals surface area contributed by atoms with Crippen LogP contribution < -0.4 is 0 Å². The largest absolute Gasteiger partial charge is 2.00 e. The first kappa shape index (κ1) is 88.4. The molecule has 4 aromatic heterocycles. The van der Waals surface area contributed by atoms with Crippen molar-refractivity contribution >= 4 is 5.70 Å². The Kier molecular flexibility index (Phi) is 37.4. The molecule has 0 bridgehead atoms. The zero-order valence-corrected chi connectivity index (χ0v) is 69.0. The molecule has 12 heterocycles. The van der Waals surface area contributed by atoms with Gasteiger partial charge in [-0.2, -0.15) is 24.2 Å². The maximum Gasteiger partial charge on any atom is 2.00 e. The van der Waals surface area contributed by atoms with Crippen LogP contribution in [0.2, 0.25) is 0 Å². The molecule has 0 amide bonds. The van der Waals surface area contributed by atoms with Gasteiger partial charge < -0.3 is 73.1 Å². The standard InChI is InChI=1S/C32H50N8.C32H46N8.2C10H18N2.3Cu.2H2N/c2*1-3-11-23(12-4-1)29-35-37-31(27-15-7-9-21-33-27)39(29)25-17-19-26(20-18-25)40-30(24-13-5-2-6-14-24)36-38-32(40)28-16-8-10-22-34-28;2*1-3-7-11-9(5-1)10-6-2-4-8-12-10;;;;;/h23-28H,1-22H2;7,9,15,23-26,28H,1-6,8,10-14,16-22H2;2*9-10H,1-8H2;;;;2*1H2/q4*-2;3*+2;2*-1. The van der Waals surface area contributed by atoms with E-state index in [0.717, 1.165) is 115 Å². The Bertz CT molecular complexity index is 2950. The summed E-state index contributed by atoms with van der Waals surface area (Å²) < 4.78 is 10.4. The van der Waals surface area contributed by atoms with Crippen molar-refractivity contribution in [2.45, 2.75) is 405 Å². The normalized spacial score (nSPS) is 30.5. The number of aromatic nitrogens is 12. The molecule has 0 spiro atoms. The molecule has 8 aliphatic heterocycles. The summed E-state index contributed by atoms with van der Waals surface area (Å²) >= 11 is 0.